The number of carbonyl (C=O) groups excluding carboxylic acids is 1. The lowest BCUT2D eigenvalue weighted by atomic mass is 10.1. The third-order valence-corrected chi connectivity index (χ3v) is 2.51. The molecular weight excluding hydrogens is 285 g/mol. The van der Waals surface area contributed by atoms with Crippen molar-refractivity contribution >= 4 is 5.91 Å². The average molecular weight is 297 g/mol. The van der Waals surface area contributed by atoms with Crippen LogP contribution in [0.4, 0.5) is 22.0 Å². The van der Waals surface area contributed by atoms with Gasteiger partial charge in [0.15, 0.2) is 0 Å². The molecule has 0 saturated heterocycles. The molecular formula is C12H12F5NO2. The highest BCUT2D eigenvalue weighted by Crippen LogP contribution is 2.20. The van der Waals surface area contributed by atoms with Gasteiger partial charge in [-0.05, 0) is 18.6 Å². The molecule has 0 aliphatic rings. The fourth-order valence-electron chi connectivity index (χ4n) is 1.58. The fraction of sp³-hybridized carbons (Fsp3) is 0.417. The highest BCUT2D eigenvalue weighted by molar-refractivity contribution is 5.94. The molecule has 20 heavy (non-hydrogen) atoms. The Hall–Kier alpha value is -1.70. The Morgan fingerprint density at radius 1 is 1.25 bits per heavy atom. The van der Waals surface area contributed by atoms with E-state index in [0.717, 1.165) is 6.07 Å². The van der Waals surface area contributed by atoms with Crippen molar-refractivity contribution in [3.63, 3.8) is 0 Å². The summed E-state index contributed by atoms with van der Waals surface area (Å²) in [6.45, 7) is -1.67. The Morgan fingerprint density at radius 3 is 2.35 bits per heavy atom. The third kappa shape index (κ3) is 4.16. The van der Waals surface area contributed by atoms with Crippen molar-refractivity contribution < 1.29 is 31.9 Å². The lowest BCUT2D eigenvalue weighted by molar-refractivity contribution is -0.141. The first-order valence-corrected chi connectivity index (χ1v) is 5.58. The first-order valence-electron chi connectivity index (χ1n) is 5.58. The van der Waals surface area contributed by atoms with E-state index in [0.29, 0.717) is 6.07 Å². The number of carbonyl (C=O) groups is 1. The molecule has 0 bridgehead atoms. The Labute approximate surface area is 111 Å². The highest BCUT2D eigenvalue weighted by atomic mass is 19.4. The Kier molecular flexibility index (Phi) is 5.04. The molecule has 112 valence electrons. The molecule has 0 unspecified atom stereocenters. The molecule has 0 aliphatic carbocycles. The van der Waals surface area contributed by atoms with Gasteiger partial charge in [0.1, 0.15) is 18.2 Å². The zero-order chi connectivity index (χ0) is 15.5. The van der Waals surface area contributed by atoms with Crippen molar-refractivity contribution in [1.29, 1.82) is 0 Å². The van der Waals surface area contributed by atoms with Gasteiger partial charge in [0.2, 0.25) is 0 Å². The number of hydrogen-bond donors (Lipinski definition) is 1. The van der Waals surface area contributed by atoms with Gasteiger partial charge in [0.05, 0.1) is 12.2 Å². The number of aryl methyl sites for hydroxylation is 1. The van der Waals surface area contributed by atoms with Gasteiger partial charge in [-0.2, -0.15) is 13.2 Å². The molecule has 0 atom stereocenters. The van der Waals surface area contributed by atoms with E-state index in [-0.39, 0.29) is 10.5 Å². The molecule has 3 nitrogen and oxygen atoms in total. The van der Waals surface area contributed by atoms with Crippen molar-refractivity contribution in [3.05, 3.63) is 34.9 Å². The molecule has 0 aliphatic heterocycles. The number of halogens is 5. The number of nitrogens with zero attached hydrogens (tertiary/aromatic N) is 1. The van der Waals surface area contributed by atoms with E-state index in [4.69, 9.17) is 5.11 Å². The summed E-state index contributed by atoms with van der Waals surface area (Å²) in [5.74, 6) is -3.40. The summed E-state index contributed by atoms with van der Waals surface area (Å²) in [6.07, 6.45) is -4.68. The SMILES string of the molecule is Cc1cc(C(=O)N(CCO)CC(F)(F)F)c(F)cc1F. The molecule has 1 aromatic rings. The highest BCUT2D eigenvalue weighted by Gasteiger charge is 2.34. The third-order valence-electron chi connectivity index (χ3n) is 2.51. The van der Waals surface area contributed by atoms with E-state index in [1.165, 1.54) is 6.92 Å². The van der Waals surface area contributed by atoms with Gasteiger partial charge in [0, 0.05) is 12.6 Å². The minimum atomic E-state index is -4.68. The summed E-state index contributed by atoms with van der Waals surface area (Å²) in [7, 11) is 0. The number of alkyl halides is 3. The standard InChI is InChI=1S/C12H12F5NO2/c1-7-4-8(10(14)5-9(7)13)11(20)18(2-3-19)6-12(15,16)17/h4-5,19H,2-3,6H2,1H3. The number of benzene rings is 1. The summed E-state index contributed by atoms with van der Waals surface area (Å²) in [4.78, 5) is 12.1. The number of aliphatic hydroxyl groups is 1. The first-order chi connectivity index (χ1) is 9.15. The quantitative estimate of drug-likeness (QED) is 0.866. The zero-order valence-electron chi connectivity index (χ0n) is 10.5. The Bertz CT molecular complexity index is 501. The number of rotatable bonds is 4. The normalized spacial score (nSPS) is 11.6. The van der Waals surface area contributed by atoms with Crippen molar-refractivity contribution in [1.82, 2.24) is 4.90 Å². The second-order valence-corrected chi connectivity index (χ2v) is 4.15. The van der Waals surface area contributed by atoms with E-state index in [2.05, 4.69) is 0 Å². The maximum atomic E-state index is 13.5. The van der Waals surface area contributed by atoms with Crippen molar-refractivity contribution in [2.75, 3.05) is 19.7 Å². The van der Waals surface area contributed by atoms with Gasteiger partial charge in [-0.1, -0.05) is 0 Å². The van der Waals surface area contributed by atoms with Crippen LogP contribution in [0.25, 0.3) is 0 Å². The van der Waals surface area contributed by atoms with Crippen molar-refractivity contribution in [2.24, 2.45) is 0 Å². The molecule has 1 aromatic carbocycles. The van der Waals surface area contributed by atoms with Gasteiger partial charge in [-0.25, -0.2) is 8.78 Å². The van der Waals surface area contributed by atoms with Crippen molar-refractivity contribution in [2.45, 2.75) is 13.1 Å². The molecule has 0 spiro atoms. The molecule has 0 radical (unpaired) electrons. The topological polar surface area (TPSA) is 40.5 Å². The zero-order valence-corrected chi connectivity index (χ0v) is 10.5. The van der Waals surface area contributed by atoms with E-state index < -0.39 is 49.0 Å². The van der Waals surface area contributed by atoms with Gasteiger partial charge >= 0.3 is 6.18 Å². The van der Waals surface area contributed by atoms with Gasteiger partial charge in [-0.15, -0.1) is 0 Å². The van der Waals surface area contributed by atoms with Gasteiger partial charge in [0.25, 0.3) is 5.91 Å². The van der Waals surface area contributed by atoms with Crippen LogP contribution in [0.3, 0.4) is 0 Å². The van der Waals surface area contributed by atoms with Crippen LogP contribution in [-0.4, -0.2) is 41.8 Å². The summed E-state index contributed by atoms with van der Waals surface area (Å²) >= 11 is 0. The van der Waals surface area contributed by atoms with E-state index >= 15 is 0 Å². The van der Waals surface area contributed by atoms with Crippen LogP contribution in [0.1, 0.15) is 15.9 Å². The lowest BCUT2D eigenvalue weighted by Gasteiger charge is -2.23. The van der Waals surface area contributed by atoms with Gasteiger partial charge in [-0.3, -0.25) is 4.79 Å². The largest absolute Gasteiger partial charge is 0.406 e. The fourth-order valence-corrected chi connectivity index (χ4v) is 1.58. The van der Waals surface area contributed by atoms with Crippen LogP contribution in [0.15, 0.2) is 12.1 Å². The van der Waals surface area contributed by atoms with Crippen molar-refractivity contribution in [3.8, 4) is 0 Å². The maximum Gasteiger partial charge on any atom is 0.406 e. The summed E-state index contributed by atoms with van der Waals surface area (Å²) in [5.41, 5.74) is -0.729. The van der Waals surface area contributed by atoms with Crippen LogP contribution in [0.5, 0.6) is 0 Å². The molecule has 1 N–H and O–H groups in total. The number of hydrogen-bond acceptors (Lipinski definition) is 2. The van der Waals surface area contributed by atoms with Crippen LogP contribution < -0.4 is 0 Å². The summed E-state index contributed by atoms with van der Waals surface area (Å²) < 4.78 is 63.5. The van der Waals surface area contributed by atoms with E-state index in [1.54, 1.807) is 0 Å². The molecule has 1 rings (SSSR count). The monoisotopic (exact) mass is 297 g/mol. The second kappa shape index (κ2) is 6.17. The molecule has 0 heterocycles. The Balaban J connectivity index is 3.09. The van der Waals surface area contributed by atoms with Crippen LogP contribution >= 0.6 is 0 Å². The minimum Gasteiger partial charge on any atom is -0.395 e. The molecule has 0 fully saturated rings. The first kappa shape index (κ1) is 16.4. The van der Waals surface area contributed by atoms with Crippen LogP contribution in [-0.2, 0) is 0 Å². The van der Waals surface area contributed by atoms with Crippen LogP contribution in [0, 0.1) is 18.6 Å². The smallest absolute Gasteiger partial charge is 0.395 e. The maximum absolute atomic E-state index is 13.5. The van der Waals surface area contributed by atoms with Gasteiger partial charge < -0.3 is 10.0 Å². The number of aliphatic hydroxyl groups excluding tert-OH is 1. The van der Waals surface area contributed by atoms with E-state index in [1.807, 2.05) is 0 Å². The predicted molar refractivity (Wildman–Crippen MR) is 60.1 cm³/mol. The number of amides is 1. The molecule has 8 heteroatoms. The lowest BCUT2D eigenvalue weighted by Crippen LogP contribution is -2.41. The van der Waals surface area contributed by atoms with E-state index in [9.17, 15) is 26.7 Å². The predicted octanol–water partition coefficient (Wildman–Crippen LogP) is 2.27. The Morgan fingerprint density at radius 2 is 1.85 bits per heavy atom. The second-order valence-electron chi connectivity index (χ2n) is 4.15. The summed E-state index contributed by atoms with van der Waals surface area (Å²) in [6, 6.07) is 1.28. The molecule has 1 amide bonds. The average Bonchev–Trinajstić information content (AvgIpc) is 2.31. The molecule has 0 aromatic heterocycles. The van der Waals surface area contributed by atoms with Crippen LogP contribution in [0.2, 0.25) is 0 Å². The molecule has 0 saturated carbocycles. The summed E-state index contributed by atoms with van der Waals surface area (Å²) in [5, 5.41) is 8.68. The minimum absolute atomic E-state index is 0.0642.